The van der Waals surface area contributed by atoms with Crippen LogP contribution in [0, 0.1) is 29.6 Å². The van der Waals surface area contributed by atoms with Gasteiger partial charge in [0.15, 0.2) is 5.57 Å². The van der Waals surface area contributed by atoms with Crippen molar-refractivity contribution in [1.82, 2.24) is 4.57 Å². The van der Waals surface area contributed by atoms with Crippen LogP contribution in [0.2, 0.25) is 0 Å². The minimum Gasteiger partial charge on any atom is -0.300 e. The smallest absolute Gasteiger partial charge is 0.268 e. The molecule has 1 aromatic heterocycles. The molecular weight excluding hydrogens is 270 g/mol. The molecule has 1 aromatic carbocycles. The third-order valence-corrected chi connectivity index (χ3v) is 3.99. The Kier molecular flexibility index (Phi) is 3.84. The van der Waals surface area contributed by atoms with E-state index in [-0.39, 0.29) is 11.1 Å². The number of nitriles is 2. The van der Waals surface area contributed by atoms with Gasteiger partial charge in [0.25, 0.3) is 5.56 Å². The van der Waals surface area contributed by atoms with Crippen LogP contribution in [0.5, 0.6) is 0 Å². The maximum Gasteiger partial charge on any atom is 0.268 e. The number of aromatic nitrogens is 1. The SMILES string of the molecule is Cc1cccc(/C=c2\sc(=C(C#N)C#N)n(C)c2=O)c1. The van der Waals surface area contributed by atoms with Gasteiger partial charge in [-0.3, -0.25) is 4.79 Å². The van der Waals surface area contributed by atoms with E-state index in [1.165, 1.54) is 4.57 Å². The zero-order valence-electron chi connectivity index (χ0n) is 11.0. The molecule has 2 aromatic rings. The van der Waals surface area contributed by atoms with E-state index in [0.717, 1.165) is 22.5 Å². The van der Waals surface area contributed by atoms with E-state index >= 15 is 0 Å². The molecule has 0 aliphatic rings. The van der Waals surface area contributed by atoms with Gasteiger partial charge in [0.05, 0.1) is 4.53 Å². The summed E-state index contributed by atoms with van der Waals surface area (Å²) >= 11 is 1.16. The third kappa shape index (κ3) is 2.54. The Bertz CT molecular complexity index is 904. The lowest BCUT2D eigenvalue weighted by Crippen LogP contribution is -2.29. The molecule has 20 heavy (non-hydrogen) atoms. The van der Waals surface area contributed by atoms with Crippen molar-refractivity contribution >= 4 is 23.0 Å². The van der Waals surface area contributed by atoms with Gasteiger partial charge < -0.3 is 4.57 Å². The fourth-order valence-electron chi connectivity index (χ4n) is 1.82. The van der Waals surface area contributed by atoms with E-state index in [0.29, 0.717) is 9.20 Å². The Balaban J connectivity index is 2.78. The van der Waals surface area contributed by atoms with E-state index in [1.807, 2.05) is 43.3 Å². The summed E-state index contributed by atoms with van der Waals surface area (Å²) in [5, 5.41) is 17.8. The highest BCUT2D eigenvalue weighted by Crippen LogP contribution is 2.04. The molecule has 0 saturated heterocycles. The normalized spacial score (nSPS) is 10.9. The number of hydrogen-bond acceptors (Lipinski definition) is 4. The summed E-state index contributed by atoms with van der Waals surface area (Å²) in [6.07, 6.45) is 1.77. The van der Waals surface area contributed by atoms with Crippen LogP contribution in [0.1, 0.15) is 11.1 Å². The summed E-state index contributed by atoms with van der Waals surface area (Å²) in [6, 6.07) is 11.4. The standard InChI is InChI=1S/C15H11N3OS/c1-10-4-3-5-11(6-10)7-13-14(19)18(2)15(20-13)12(8-16)9-17/h3-7H,1-2H3/b13-7-. The first-order valence-electron chi connectivity index (χ1n) is 5.85. The molecule has 0 atom stereocenters. The quantitative estimate of drug-likeness (QED) is 0.775. The maximum absolute atomic E-state index is 12.1. The molecule has 0 amide bonds. The van der Waals surface area contributed by atoms with Gasteiger partial charge in [-0.2, -0.15) is 10.5 Å². The van der Waals surface area contributed by atoms with Crippen LogP contribution in [0.3, 0.4) is 0 Å². The maximum atomic E-state index is 12.1. The summed E-state index contributed by atoms with van der Waals surface area (Å²) in [5.41, 5.74) is 1.78. The molecule has 0 N–H and O–H groups in total. The Morgan fingerprint density at radius 2 is 2.05 bits per heavy atom. The van der Waals surface area contributed by atoms with Crippen molar-refractivity contribution in [2.24, 2.45) is 7.05 Å². The number of rotatable bonds is 1. The summed E-state index contributed by atoms with van der Waals surface area (Å²) in [5.74, 6) is 0. The second kappa shape index (κ2) is 5.56. The van der Waals surface area contributed by atoms with Gasteiger partial charge >= 0.3 is 0 Å². The molecule has 0 bridgehead atoms. The topological polar surface area (TPSA) is 69.6 Å². The molecule has 2 rings (SSSR count). The Morgan fingerprint density at radius 3 is 2.65 bits per heavy atom. The number of nitrogens with zero attached hydrogens (tertiary/aromatic N) is 3. The largest absolute Gasteiger partial charge is 0.300 e. The molecule has 0 fully saturated rings. The van der Waals surface area contributed by atoms with Crippen molar-refractivity contribution in [2.75, 3.05) is 0 Å². The average molecular weight is 281 g/mol. The Labute approximate surface area is 119 Å². The van der Waals surface area contributed by atoms with Crippen molar-refractivity contribution in [3.05, 3.63) is 54.9 Å². The summed E-state index contributed by atoms with van der Waals surface area (Å²) in [6.45, 7) is 1.98. The van der Waals surface area contributed by atoms with Crippen molar-refractivity contribution in [3.63, 3.8) is 0 Å². The van der Waals surface area contributed by atoms with Crippen molar-refractivity contribution in [1.29, 1.82) is 10.5 Å². The Hall–Kier alpha value is -2.63. The molecule has 0 radical (unpaired) electrons. The van der Waals surface area contributed by atoms with Gasteiger partial charge in [-0.15, -0.1) is 11.3 Å². The van der Waals surface area contributed by atoms with Crippen molar-refractivity contribution < 1.29 is 0 Å². The monoisotopic (exact) mass is 281 g/mol. The average Bonchev–Trinajstić information content (AvgIpc) is 2.69. The lowest BCUT2D eigenvalue weighted by Gasteiger charge is -1.93. The van der Waals surface area contributed by atoms with Crippen LogP contribution in [-0.4, -0.2) is 4.57 Å². The fraction of sp³-hybridized carbons (Fsp3) is 0.133. The van der Waals surface area contributed by atoms with Gasteiger partial charge in [-0.1, -0.05) is 29.8 Å². The van der Waals surface area contributed by atoms with Crippen LogP contribution in [0.25, 0.3) is 11.6 Å². The first-order valence-corrected chi connectivity index (χ1v) is 6.67. The van der Waals surface area contributed by atoms with Crippen molar-refractivity contribution in [2.45, 2.75) is 6.92 Å². The van der Waals surface area contributed by atoms with Crippen molar-refractivity contribution in [3.8, 4) is 12.1 Å². The first kappa shape index (κ1) is 13.8. The van der Waals surface area contributed by atoms with Crippen LogP contribution in [0.4, 0.5) is 0 Å². The molecule has 98 valence electrons. The summed E-state index contributed by atoms with van der Waals surface area (Å²) in [4.78, 5) is 12.1. The van der Waals surface area contributed by atoms with Gasteiger partial charge in [-0.05, 0) is 18.6 Å². The minimum atomic E-state index is -0.200. The highest BCUT2D eigenvalue weighted by Gasteiger charge is 2.05. The lowest BCUT2D eigenvalue weighted by atomic mass is 10.1. The molecular formula is C15H11N3OS. The van der Waals surface area contributed by atoms with Gasteiger partial charge in [0.2, 0.25) is 0 Å². The van der Waals surface area contributed by atoms with E-state index in [2.05, 4.69) is 0 Å². The highest BCUT2D eigenvalue weighted by molar-refractivity contribution is 7.07. The van der Waals surface area contributed by atoms with Crippen LogP contribution in [0.15, 0.2) is 29.1 Å². The zero-order chi connectivity index (χ0) is 14.7. The van der Waals surface area contributed by atoms with E-state index in [4.69, 9.17) is 10.5 Å². The fourth-order valence-corrected chi connectivity index (χ4v) is 2.86. The molecule has 4 nitrogen and oxygen atoms in total. The van der Waals surface area contributed by atoms with Crippen LogP contribution < -0.4 is 14.8 Å². The second-order valence-electron chi connectivity index (χ2n) is 4.29. The molecule has 0 saturated carbocycles. The van der Waals surface area contributed by atoms with E-state index in [9.17, 15) is 4.79 Å². The zero-order valence-corrected chi connectivity index (χ0v) is 11.9. The molecule has 1 heterocycles. The highest BCUT2D eigenvalue weighted by atomic mass is 32.1. The Morgan fingerprint density at radius 1 is 1.35 bits per heavy atom. The molecule has 0 aliphatic heterocycles. The van der Waals surface area contributed by atoms with E-state index < -0.39 is 0 Å². The number of benzene rings is 1. The van der Waals surface area contributed by atoms with Gasteiger partial charge in [0.1, 0.15) is 16.8 Å². The minimum absolute atomic E-state index is 0.0431. The predicted molar refractivity (Wildman–Crippen MR) is 78.2 cm³/mol. The lowest BCUT2D eigenvalue weighted by molar-refractivity contribution is 0.855. The van der Waals surface area contributed by atoms with Gasteiger partial charge in [0, 0.05) is 7.05 Å². The molecule has 0 aliphatic carbocycles. The first-order chi connectivity index (χ1) is 9.56. The predicted octanol–water partition coefficient (Wildman–Crippen LogP) is 0.782. The number of aryl methyl sites for hydroxylation is 1. The second-order valence-corrected chi connectivity index (χ2v) is 5.32. The molecule has 0 spiro atoms. The molecule has 5 heteroatoms. The molecule has 0 unspecified atom stereocenters. The van der Waals surface area contributed by atoms with Crippen LogP contribution >= 0.6 is 11.3 Å². The third-order valence-electron chi connectivity index (χ3n) is 2.80. The summed E-state index contributed by atoms with van der Waals surface area (Å²) < 4.78 is 2.24. The van der Waals surface area contributed by atoms with E-state index in [1.54, 1.807) is 13.1 Å². The van der Waals surface area contributed by atoms with Gasteiger partial charge in [-0.25, -0.2) is 0 Å². The number of thiazole rings is 1. The van der Waals surface area contributed by atoms with Crippen LogP contribution in [-0.2, 0) is 7.05 Å². The number of hydrogen-bond donors (Lipinski definition) is 0. The summed E-state index contributed by atoms with van der Waals surface area (Å²) in [7, 11) is 1.57.